The molecule has 0 spiro atoms. The van der Waals surface area contributed by atoms with Gasteiger partial charge in [-0.1, -0.05) is 62.8 Å². The van der Waals surface area contributed by atoms with Crippen molar-refractivity contribution in [3.05, 3.63) is 191 Å². The third-order valence-corrected chi connectivity index (χ3v) is 5.91. The molecule has 0 radical (unpaired) electrons. The molecule has 0 aromatic rings. The van der Waals surface area contributed by atoms with Gasteiger partial charge in [0.15, 0.2) is 0 Å². The maximum atomic E-state index is 3.32. The van der Waals surface area contributed by atoms with E-state index in [9.17, 15) is 0 Å². The second-order valence-electron chi connectivity index (χ2n) is 9.78. The Balaban J connectivity index is 0. The summed E-state index contributed by atoms with van der Waals surface area (Å²) in [5.41, 5.74) is 70.5. The van der Waals surface area contributed by atoms with Crippen LogP contribution < -0.4 is 0 Å². The molecule has 0 bridgehead atoms. The number of rotatable bonds is 1. The molecular formula is C47H38. The fraction of sp³-hybridized carbons (Fsp3) is 0.298. The molecule has 2 saturated carbocycles. The van der Waals surface area contributed by atoms with E-state index in [0.717, 1.165) is 34.8 Å². The minimum Gasteiger partial charge on any atom is -0.0919 e. The summed E-state index contributed by atoms with van der Waals surface area (Å²) < 4.78 is 0. The van der Waals surface area contributed by atoms with Crippen LogP contribution >= 0.6 is 0 Å². The van der Waals surface area contributed by atoms with E-state index in [1.165, 1.54) is 12.8 Å². The first-order valence-corrected chi connectivity index (χ1v) is 14.8. The van der Waals surface area contributed by atoms with Crippen molar-refractivity contribution in [2.45, 2.75) is 68.2 Å². The van der Waals surface area contributed by atoms with Gasteiger partial charge >= 0.3 is 0 Å². The largest absolute Gasteiger partial charge is 0.0919 e. The summed E-state index contributed by atoms with van der Waals surface area (Å²) >= 11 is 0. The highest BCUT2D eigenvalue weighted by atomic mass is 14.3. The van der Waals surface area contributed by atoms with Gasteiger partial charge < -0.3 is 0 Å². The first-order chi connectivity index (χ1) is 22.7. The van der Waals surface area contributed by atoms with E-state index in [1.807, 2.05) is 39.8 Å². The second-order valence-corrected chi connectivity index (χ2v) is 9.78. The molecule has 226 valence electrons. The average molecular weight is 603 g/mol. The lowest BCUT2D eigenvalue weighted by molar-refractivity contribution is 0.834. The van der Waals surface area contributed by atoms with E-state index in [0.29, 0.717) is 0 Å². The van der Waals surface area contributed by atoms with Crippen LogP contribution in [-0.2, 0) is 0 Å². The van der Waals surface area contributed by atoms with Gasteiger partial charge in [-0.25, -0.2) is 0 Å². The van der Waals surface area contributed by atoms with Gasteiger partial charge in [-0.3, -0.25) is 0 Å². The van der Waals surface area contributed by atoms with Crippen molar-refractivity contribution in [3.8, 4) is 0 Å². The third-order valence-electron chi connectivity index (χ3n) is 5.91. The van der Waals surface area contributed by atoms with Gasteiger partial charge in [0.05, 0.1) is 0 Å². The van der Waals surface area contributed by atoms with Crippen LogP contribution in [0.5, 0.6) is 0 Å². The quantitative estimate of drug-likeness (QED) is 0.159. The van der Waals surface area contributed by atoms with Gasteiger partial charge in [-0.15, -0.1) is 0 Å². The van der Waals surface area contributed by atoms with Crippen LogP contribution in [0.4, 0.5) is 0 Å². The minimum atomic E-state index is 0.777. The number of allylic oxidation sites excluding steroid dienone is 4. The predicted octanol–water partition coefficient (Wildman–Crippen LogP) is 11.2. The van der Waals surface area contributed by atoms with Gasteiger partial charge in [0, 0.05) is 11.1 Å². The molecule has 0 nitrogen and oxygen atoms in total. The van der Waals surface area contributed by atoms with Crippen molar-refractivity contribution >= 4 is 0 Å². The van der Waals surface area contributed by atoms with Crippen molar-refractivity contribution in [2.75, 3.05) is 0 Å². The van der Waals surface area contributed by atoms with Crippen LogP contribution in [0, 0.1) is 23.7 Å². The van der Waals surface area contributed by atoms with Gasteiger partial charge in [-0.05, 0) is 209 Å². The summed E-state index contributed by atoms with van der Waals surface area (Å²) in [5.74, 6) is 4.20. The highest BCUT2D eigenvalue weighted by molar-refractivity contribution is 5.25. The van der Waals surface area contributed by atoms with Crippen LogP contribution in [0.3, 0.4) is 0 Å². The lowest BCUT2D eigenvalue weighted by Crippen LogP contribution is -1.71. The lowest BCUT2D eigenvalue weighted by Gasteiger charge is -1.87. The highest BCUT2D eigenvalue weighted by Gasteiger charge is 2.26. The topological polar surface area (TPSA) is 0 Å². The van der Waals surface area contributed by atoms with Crippen molar-refractivity contribution in [1.82, 2.24) is 0 Å². The average Bonchev–Trinajstić information content (AvgIpc) is 3.95. The van der Waals surface area contributed by atoms with Gasteiger partial charge in [-0.2, -0.15) is 0 Å². The van der Waals surface area contributed by atoms with Crippen LogP contribution in [0.15, 0.2) is 191 Å². The normalized spacial score (nSPS) is 14.6. The molecule has 0 amide bonds. The molecule has 0 aliphatic heterocycles. The molecule has 0 saturated heterocycles. The van der Waals surface area contributed by atoms with E-state index in [1.54, 1.807) is 0 Å². The van der Waals surface area contributed by atoms with E-state index in [-0.39, 0.29) is 0 Å². The molecule has 4 atom stereocenters. The zero-order chi connectivity index (χ0) is 35.4. The standard InChI is InChI=1S/C33H10.2C5H10.C4H8/c1-5-7-9-11-13-15-17-19-21-23-25-27-29-31-33(4)32(3)30-28-26-24-22-20-18-16-14-12-10-8-6-2;2*1-4-3-5(4)2;1-3-4-2/h1-2H2,3-4H3;2*4-5H,3H2,1-2H3;3-4H,1-2H3/b;;;4-3-/t;4-,5+;;. The smallest absolute Gasteiger partial charge is 0.0112 e. The molecule has 0 aromatic carbocycles. The fourth-order valence-corrected chi connectivity index (χ4v) is 2.14. The maximum Gasteiger partial charge on any atom is 0.0112 e. The molecular weight excluding hydrogens is 565 g/mol. The second kappa shape index (κ2) is 32.2. The van der Waals surface area contributed by atoms with Gasteiger partial charge in [0.25, 0.3) is 0 Å². The van der Waals surface area contributed by atoms with Crippen LogP contribution in [0.25, 0.3) is 0 Å². The Hall–Kier alpha value is -6.72. The SMILES string of the molecule is C/C=C\C.C=C=C=C=C=C=C=C=C=C=C=C=C=C=C=C(C)C(C)=C=C=C=C=C=C=C=C=C=C=C=C=C=C.CC1CC1C.C[C@@H]1C[C@@H]1C. The summed E-state index contributed by atoms with van der Waals surface area (Å²) in [7, 11) is 0. The minimum absolute atomic E-state index is 0.777. The Morgan fingerprint density at radius 1 is 0.383 bits per heavy atom. The molecule has 2 unspecified atom stereocenters. The van der Waals surface area contributed by atoms with E-state index >= 15 is 0 Å². The van der Waals surface area contributed by atoms with Gasteiger partial charge in [0.2, 0.25) is 0 Å². The molecule has 2 fully saturated rings. The van der Waals surface area contributed by atoms with E-state index < -0.39 is 0 Å². The fourth-order valence-electron chi connectivity index (χ4n) is 2.14. The summed E-state index contributed by atoms with van der Waals surface area (Å²) in [6, 6.07) is 0. The molecule has 0 aromatic heterocycles. The zero-order valence-corrected chi connectivity index (χ0v) is 28.8. The van der Waals surface area contributed by atoms with E-state index in [2.05, 4.69) is 196 Å². The Morgan fingerprint density at radius 2 is 0.553 bits per heavy atom. The van der Waals surface area contributed by atoms with Crippen molar-refractivity contribution in [1.29, 1.82) is 0 Å². The molecule has 0 N–H and O–H groups in total. The monoisotopic (exact) mass is 602 g/mol. The maximum absolute atomic E-state index is 3.32. The molecule has 2 rings (SSSR count). The Kier molecular flexibility index (Phi) is 29.1. The highest BCUT2D eigenvalue weighted by Crippen LogP contribution is 2.36. The van der Waals surface area contributed by atoms with Crippen molar-refractivity contribution in [2.24, 2.45) is 23.7 Å². The zero-order valence-electron chi connectivity index (χ0n) is 28.8. The number of hydrogen-bond acceptors (Lipinski definition) is 0. The van der Waals surface area contributed by atoms with Crippen LogP contribution in [-0.4, -0.2) is 0 Å². The Labute approximate surface area is 282 Å². The van der Waals surface area contributed by atoms with Crippen LogP contribution in [0.2, 0.25) is 0 Å². The Bertz CT molecular complexity index is 2190. The molecule has 47 heavy (non-hydrogen) atoms. The summed E-state index contributed by atoms with van der Waals surface area (Å²) in [6.07, 6.45) is 6.94. The van der Waals surface area contributed by atoms with Crippen molar-refractivity contribution < 1.29 is 0 Å². The molecule has 0 heteroatoms. The summed E-state index contributed by atoms with van der Waals surface area (Å²) in [6.45, 7) is 23.5. The van der Waals surface area contributed by atoms with E-state index in [4.69, 9.17) is 0 Å². The van der Waals surface area contributed by atoms with Gasteiger partial charge in [0.1, 0.15) is 0 Å². The first-order valence-electron chi connectivity index (χ1n) is 14.8. The molecule has 0 heterocycles. The summed E-state index contributed by atoms with van der Waals surface area (Å²) in [5, 5.41) is 0. The van der Waals surface area contributed by atoms with Crippen LogP contribution in [0.1, 0.15) is 68.2 Å². The lowest BCUT2D eigenvalue weighted by atomic mass is 10.1. The number of hydrogen-bond donors (Lipinski definition) is 0. The predicted molar refractivity (Wildman–Crippen MR) is 191 cm³/mol. The molecule has 2 aliphatic rings. The molecule has 2 aliphatic carbocycles. The Morgan fingerprint density at radius 3 is 0.702 bits per heavy atom. The first kappa shape index (κ1) is 42.4. The third kappa shape index (κ3) is 35.4. The summed E-state index contributed by atoms with van der Waals surface area (Å²) in [4.78, 5) is 0. The van der Waals surface area contributed by atoms with Crippen molar-refractivity contribution in [3.63, 3.8) is 0 Å².